The van der Waals surface area contributed by atoms with Gasteiger partial charge in [0.15, 0.2) is 10.9 Å². The van der Waals surface area contributed by atoms with Gasteiger partial charge in [-0.3, -0.25) is 0 Å². The zero-order chi connectivity index (χ0) is 13.0. The van der Waals surface area contributed by atoms with E-state index in [1.165, 1.54) is 17.5 Å². The fourth-order valence-corrected chi connectivity index (χ4v) is 2.85. The van der Waals surface area contributed by atoms with Crippen molar-refractivity contribution in [3.8, 4) is 5.75 Å². The molecule has 0 fully saturated rings. The van der Waals surface area contributed by atoms with Crippen molar-refractivity contribution in [2.24, 2.45) is 0 Å². The van der Waals surface area contributed by atoms with Gasteiger partial charge in [0, 0.05) is 5.75 Å². The van der Waals surface area contributed by atoms with Crippen molar-refractivity contribution in [2.45, 2.75) is 17.7 Å². The molecule has 3 nitrogen and oxygen atoms in total. The number of ether oxygens (including phenoxy) is 1. The summed E-state index contributed by atoms with van der Waals surface area (Å²) in [6.45, 7) is 2.10. The van der Waals surface area contributed by atoms with Gasteiger partial charge in [-0.15, -0.1) is 0 Å². The van der Waals surface area contributed by atoms with E-state index in [1.54, 1.807) is 18.9 Å². The summed E-state index contributed by atoms with van der Waals surface area (Å²) in [4.78, 5) is 8.10. The molecule has 0 saturated carbocycles. The van der Waals surface area contributed by atoms with Crippen molar-refractivity contribution < 1.29 is 4.74 Å². The third kappa shape index (κ3) is 2.94. The van der Waals surface area contributed by atoms with Crippen LogP contribution in [0, 0.1) is 6.92 Å². The van der Waals surface area contributed by atoms with E-state index in [4.69, 9.17) is 16.3 Å². The Hall–Kier alpha value is -1.26. The van der Waals surface area contributed by atoms with Gasteiger partial charge in [-0.05, 0) is 18.1 Å². The average molecular weight is 281 g/mol. The number of thioether (sulfide) groups is 1. The first-order valence-corrected chi connectivity index (χ1v) is 6.80. The lowest BCUT2D eigenvalue weighted by Crippen LogP contribution is -1.94. The summed E-state index contributed by atoms with van der Waals surface area (Å²) in [5, 5.41) is 1.11. The highest BCUT2D eigenvalue weighted by Gasteiger charge is 2.11. The van der Waals surface area contributed by atoms with E-state index in [9.17, 15) is 0 Å². The van der Waals surface area contributed by atoms with Gasteiger partial charge in [0.2, 0.25) is 0 Å². The van der Waals surface area contributed by atoms with Crippen LogP contribution in [0.3, 0.4) is 0 Å². The number of benzene rings is 1. The average Bonchev–Trinajstić information content (AvgIpc) is 2.38. The fraction of sp³-hybridized carbons (Fsp3) is 0.231. The van der Waals surface area contributed by atoms with Crippen LogP contribution in [0.25, 0.3) is 0 Å². The van der Waals surface area contributed by atoms with Gasteiger partial charge in [-0.2, -0.15) is 0 Å². The number of halogens is 1. The lowest BCUT2D eigenvalue weighted by atomic mass is 10.1. The molecule has 0 aliphatic rings. The van der Waals surface area contributed by atoms with E-state index in [0.29, 0.717) is 10.9 Å². The Morgan fingerprint density at radius 3 is 2.78 bits per heavy atom. The number of nitrogens with zero attached hydrogens (tertiary/aromatic N) is 2. The van der Waals surface area contributed by atoms with Gasteiger partial charge in [0.25, 0.3) is 0 Å². The third-order valence-corrected chi connectivity index (χ3v) is 3.85. The lowest BCUT2D eigenvalue weighted by Gasteiger charge is -2.08. The zero-order valence-electron chi connectivity index (χ0n) is 10.2. The molecule has 0 unspecified atom stereocenters. The quantitative estimate of drug-likeness (QED) is 0.631. The molecule has 0 aliphatic heterocycles. The minimum atomic E-state index is 0.347. The zero-order valence-corrected chi connectivity index (χ0v) is 11.8. The fourth-order valence-electron chi connectivity index (χ4n) is 1.53. The summed E-state index contributed by atoms with van der Waals surface area (Å²) >= 11 is 7.55. The second-order valence-electron chi connectivity index (χ2n) is 3.72. The summed E-state index contributed by atoms with van der Waals surface area (Å²) in [7, 11) is 1.57. The Morgan fingerprint density at radius 2 is 2.06 bits per heavy atom. The van der Waals surface area contributed by atoms with Gasteiger partial charge in [0.05, 0.1) is 7.11 Å². The molecule has 0 N–H and O–H groups in total. The highest BCUT2D eigenvalue weighted by Crippen LogP contribution is 2.33. The van der Waals surface area contributed by atoms with Crippen molar-refractivity contribution in [2.75, 3.05) is 7.11 Å². The predicted octanol–water partition coefficient (Wildman–Crippen LogP) is 3.74. The topological polar surface area (TPSA) is 35.0 Å². The van der Waals surface area contributed by atoms with Crippen LogP contribution in [0.1, 0.15) is 11.1 Å². The Balaban J connectivity index is 2.16. The molecule has 1 aromatic carbocycles. The molecule has 0 radical (unpaired) electrons. The van der Waals surface area contributed by atoms with E-state index >= 15 is 0 Å². The van der Waals surface area contributed by atoms with E-state index in [1.807, 2.05) is 12.1 Å². The summed E-state index contributed by atoms with van der Waals surface area (Å²) in [6.07, 6.45) is 1.45. The first kappa shape index (κ1) is 13.2. The lowest BCUT2D eigenvalue weighted by molar-refractivity contribution is 0.398. The molecule has 94 valence electrons. The van der Waals surface area contributed by atoms with Crippen LogP contribution in [0.2, 0.25) is 5.15 Å². The normalized spacial score (nSPS) is 10.4. The second kappa shape index (κ2) is 6.07. The first-order chi connectivity index (χ1) is 8.72. The van der Waals surface area contributed by atoms with Crippen molar-refractivity contribution in [3.05, 3.63) is 46.9 Å². The molecular weight excluding hydrogens is 268 g/mol. The molecule has 1 aromatic heterocycles. The minimum Gasteiger partial charge on any atom is -0.491 e. The molecular formula is C13H13ClN2OS. The largest absolute Gasteiger partial charge is 0.491 e. The molecule has 18 heavy (non-hydrogen) atoms. The van der Waals surface area contributed by atoms with Crippen LogP contribution >= 0.6 is 23.4 Å². The van der Waals surface area contributed by atoms with E-state index in [2.05, 4.69) is 29.0 Å². The first-order valence-electron chi connectivity index (χ1n) is 5.44. The number of methoxy groups -OCH3 is 1. The summed E-state index contributed by atoms with van der Waals surface area (Å²) in [5.74, 6) is 1.37. The van der Waals surface area contributed by atoms with Gasteiger partial charge >= 0.3 is 0 Å². The number of hydrogen-bond donors (Lipinski definition) is 0. The Kier molecular flexibility index (Phi) is 4.44. The monoisotopic (exact) mass is 280 g/mol. The minimum absolute atomic E-state index is 0.347. The molecule has 0 amide bonds. The molecule has 0 aliphatic carbocycles. The van der Waals surface area contributed by atoms with Crippen molar-refractivity contribution in [1.29, 1.82) is 0 Å². The van der Waals surface area contributed by atoms with Crippen molar-refractivity contribution in [3.63, 3.8) is 0 Å². The number of rotatable bonds is 4. The highest BCUT2D eigenvalue weighted by molar-refractivity contribution is 7.98. The third-order valence-electron chi connectivity index (χ3n) is 2.56. The number of aromatic nitrogens is 2. The second-order valence-corrected chi connectivity index (χ2v) is 5.04. The molecule has 2 aromatic rings. The van der Waals surface area contributed by atoms with E-state index < -0.39 is 0 Å². The molecule has 0 bridgehead atoms. The van der Waals surface area contributed by atoms with Crippen LogP contribution < -0.4 is 4.74 Å². The smallest absolute Gasteiger partial charge is 0.188 e. The standard InChI is InChI=1S/C13H13ClN2OS/c1-9-5-3-4-6-10(9)7-18-13-11(17-2)12(14)15-8-16-13/h3-6,8H,7H2,1-2H3. The van der Waals surface area contributed by atoms with E-state index in [0.717, 1.165) is 10.8 Å². The van der Waals surface area contributed by atoms with Gasteiger partial charge < -0.3 is 4.74 Å². The summed E-state index contributed by atoms with van der Waals surface area (Å²) < 4.78 is 5.22. The van der Waals surface area contributed by atoms with Crippen LogP contribution in [-0.2, 0) is 5.75 Å². The maximum absolute atomic E-state index is 5.95. The van der Waals surface area contributed by atoms with Gasteiger partial charge in [-0.1, -0.05) is 47.6 Å². The summed E-state index contributed by atoms with van der Waals surface area (Å²) in [5.41, 5.74) is 2.54. The molecule has 1 heterocycles. The Bertz CT molecular complexity index is 548. The van der Waals surface area contributed by atoms with Crippen molar-refractivity contribution >= 4 is 23.4 Å². The molecule has 2 rings (SSSR count). The van der Waals surface area contributed by atoms with Crippen LogP contribution in [0.4, 0.5) is 0 Å². The number of hydrogen-bond acceptors (Lipinski definition) is 4. The SMILES string of the molecule is COc1c(Cl)ncnc1SCc1ccccc1C. The highest BCUT2D eigenvalue weighted by atomic mass is 35.5. The van der Waals surface area contributed by atoms with Crippen LogP contribution in [0.15, 0.2) is 35.6 Å². The molecule has 0 spiro atoms. The van der Waals surface area contributed by atoms with Crippen LogP contribution in [0.5, 0.6) is 5.75 Å². The van der Waals surface area contributed by atoms with E-state index in [-0.39, 0.29) is 0 Å². The van der Waals surface area contributed by atoms with Crippen LogP contribution in [-0.4, -0.2) is 17.1 Å². The Morgan fingerprint density at radius 1 is 1.28 bits per heavy atom. The molecule has 0 atom stereocenters. The number of aryl methyl sites for hydroxylation is 1. The maximum Gasteiger partial charge on any atom is 0.188 e. The Labute approximate surface area is 116 Å². The van der Waals surface area contributed by atoms with Gasteiger partial charge in [-0.25, -0.2) is 9.97 Å². The van der Waals surface area contributed by atoms with Crippen molar-refractivity contribution in [1.82, 2.24) is 9.97 Å². The summed E-state index contributed by atoms with van der Waals surface area (Å²) in [6, 6.07) is 8.27. The maximum atomic E-state index is 5.95. The predicted molar refractivity (Wildman–Crippen MR) is 74.3 cm³/mol. The molecule has 5 heteroatoms. The molecule has 0 saturated heterocycles. The van der Waals surface area contributed by atoms with Gasteiger partial charge in [0.1, 0.15) is 11.4 Å².